The number of aromatic nitrogens is 3. The van der Waals surface area contributed by atoms with Crippen molar-refractivity contribution in [3.63, 3.8) is 0 Å². The molecule has 11 nitrogen and oxygen atoms in total. The quantitative estimate of drug-likeness (QED) is 0.198. The number of halogens is 1. The predicted octanol–water partition coefficient (Wildman–Crippen LogP) is 5.09. The Hall–Kier alpha value is -3.74. The standard InChI is InChI=1S/C27H30BrN7O4/c1-32(2)9-10-33(3)23-12-25(38-4)21(11-24(23)35(36)37)30-27-29-13-20(28)26(31-27)19-14-34(17-15-39-16-17)22-8-6-5-7-18(19)22/h5-8,11-14,17H,9-10,15-16H2,1-4H3,(H,29,30,31). The molecule has 2 aromatic carbocycles. The van der Waals surface area contributed by atoms with Crippen molar-refractivity contribution >= 4 is 49.8 Å². The molecule has 0 radical (unpaired) electrons. The summed E-state index contributed by atoms with van der Waals surface area (Å²) in [4.78, 5) is 24.7. The molecular weight excluding hydrogens is 566 g/mol. The zero-order chi connectivity index (χ0) is 27.7. The van der Waals surface area contributed by atoms with E-state index >= 15 is 0 Å². The van der Waals surface area contributed by atoms with E-state index in [1.807, 2.05) is 43.1 Å². The van der Waals surface area contributed by atoms with E-state index in [1.165, 1.54) is 13.2 Å². The first-order valence-electron chi connectivity index (χ1n) is 12.5. The third-order valence-corrected chi connectivity index (χ3v) is 7.37. The topological polar surface area (TPSA) is 111 Å². The van der Waals surface area contributed by atoms with Crippen LogP contribution in [0.2, 0.25) is 0 Å². The summed E-state index contributed by atoms with van der Waals surface area (Å²) in [6.45, 7) is 2.71. The van der Waals surface area contributed by atoms with Gasteiger partial charge in [0.1, 0.15) is 11.4 Å². The maximum absolute atomic E-state index is 12.0. The van der Waals surface area contributed by atoms with Crippen molar-refractivity contribution in [2.24, 2.45) is 0 Å². The number of nitro benzene ring substituents is 1. The maximum Gasteiger partial charge on any atom is 0.294 e. The van der Waals surface area contributed by atoms with Gasteiger partial charge in [-0.25, -0.2) is 9.97 Å². The molecule has 204 valence electrons. The highest BCUT2D eigenvalue weighted by Gasteiger charge is 2.25. The number of ether oxygens (including phenoxy) is 2. The molecule has 0 unspecified atom stereocenters. The molecule has 1 fully saturated rings. The third-order valence-electron chi connectivity index (χ3n) is 6.79. The van der Waals surface area contributed by atoms with Gasteiger partial charge in [-0.1, -0.05) is 18.2 Å². The second-order valence-electron chi connectivity index (χ2n) is 9.70. The van der Waals surface area contributed by atoms with Crippen molar-refractivity contribution in [2.75, 3.05) is 64.8 Å². The number of methoxy groups -OCH3 is 1. The molecule has 1 saturated heterocycles. The third kappa shape index (κ3) is 5.40. The van der Waals surface area contributed by atoms with Gasteiger partial charge in [0, 0.05) is 61.1 Å². The van der Waals surface area contributed by atoms with Gasteiger partial charge < -0.3 is 29.2 Å². The number of rotatable bonds is 10. The highest BCUT2D eigenvalue weighted by molar-refractivity contribution is 9.10. The number of hydrogen-bond acceptors (Lipinski definition) is 9. The lowest BCUT2D eigenvalue weighted by molar-refractivity contribution is -0.384. The van der Waals surface area contributed by atoms with Crippen LogP contribution >= 0.6 is 15.9 Å². The zero-order valence-electron chi connectivity index (χ0n) is 22.2. The highest BCUT2D eigenvalue weighted by Crippen LogP contribution is 2.40. The van der Waals surface area contributed by atoms with Crippen LogP contribution in [0.1, 0.15) is 6.04 Å². The minimum absolute atomic E-state index is 0.0392. The second-order valence-corrected chi connectivity index (χ2v) is 10.6. The molecule has 2 aromatic heterocycles. The predicted molar refractivity (Wildman–Crippen MR) is 155 cm³/mol. The number of nitrogens with one attached hydrogen (secondary N) is 1. The van der Waals surface area contributed by atoms with Crippen LogP contribution in [-0.2, 0) is 4.74 Å². The van der Waals surface area contributed by atoms with Gasteiger partial charge in [-0.2, -0.15) is 0 Å². The largest absolute Gasteiger partial charge is 0.494 e. The van der Waals surface area contributed by atoms with Gasteiger partial charge in [-0.05, 0) is 36.1 Å². The molecule has 5 rings (SSSR count). The minimum Gasteiger partial charge on any atom is -0.494 e. The summed E-state index contributed by atoms with van der Waals surface area (Å²) in [5.74, 6) is 0.736. The van der Waals surface area contributed by atoms with Crippen LogP contribution in [0.15, 0.2) is 53.3 Å². The van der Waals surface area contributed by atoms with Crippen LogP contribution in [-0.4, -0.2) is 78.9 Å². The number of nitrogens with zero attached hydrogens (tertiary/aromatic N) is 6. The van der Waals surface area contributed by atoms with E-state index < -0.39 is 0 Å². The van der Waals surface area contributed by atoms with E-state index in [-0.39, 0.29) is 16.7 Å². The van der Waals surface area contributed by atoms with Gasteiger partial charge in [-0.3, -0.25) is 10.1 Å². The van der Waals surface area contributed by atoms with Gasteiger partial charge in [0.2, 0.25) is 5.95 Å². The summed E-state index contributed by atoms with van der Waals surface area (Å²) >= 11 is 3.62. The maximum atomic E-state index is 12.0. The molecule has 0 amide bonds. The van der Waals surface area contributed by atoms with E-state index in [0.717, 1.165) is 27.5 Å². The Morgan fingerprint density at radius 1 is 1.23 bits per heavy atom. The number of fused-ring (bicyclic) bond motifs is 1. The fourth-order valence-electron chi connectivity index (χ4n) is 4.56. The minimum atomic E-state index is -0.390. The Labute approximate surface area is 234 Å². The van der Waals surface area contributed by atoms with Crippen LogP contribution in [0.5, 0.6) is 5.75 Å². The van der Waals surface area contributed by atoms with Crippen molar-refractivity contribution in [3.8, 4) is 17.0 Å². The van der Waals surface area contributed by atoms with Crippen molar-refractivity contribution in [1.29, 1.82) is 0 Å². The molecule has 0 spiro atoms. The fourth-order valence-corrected chi connectivity index (χ4v) is 4.97. The summed E-state index contributed by atoms with van der Waals surface area (Å²) in [7, 11) is 7.28. The van der Waals surface area contributed by atoms with E-state index in [2.05, 4.69) is 49.1 Å². The Bertz CT molecular complexity index is 1520. The Morgan fingerprint density at radius 3 is 2.67 bits per heavy atom. The van der Waals surface area contributed by atoms with Gasteiger partial charge in [-0.15, -0.1) is 0 Å². The summed E-state index contributed by atoms with van der Waals surface area (Å²) in [5, 5.41) is 16.2. The molecule has 39 heavy (non-hydrogen) atoms. The van der Waals surface area contributed by atoms with E-state index in [0.29, 0.717) is 48.5 Å². The van der Waals surface area contributed by atoms with Crippen LogP contribution in [0.4, 0.5) is 23.0 Å². The molecule has 1 N–H and O–H groups in total. The molecule has 12 heteroatoms. The summed E-state index contributed by atoms with van der Waals surface area (Å²) in [5.41, 5.74) is 3.59. The Morgan fingerprint density at radius 2 is 2.00 bits per heavy atom. The Balaban J connectivity index is 1.52. The molecule has 0 atom stereocenters. The first-order valence-corrected chi connectivity index (χ1v) is 13.3. The summed E-state index contributed by atoms with van der Waals surface area (Å²) in [6, 6.07) is 11.6. The molecule has 0 aliphatic carbocycles. The van der Waals surface area contributed by atoms with Gasteiger partial charge in [0.15, 0.2) is 0 Å². The van der Waals surface area contributed by atoms with E-state index in [1.54, 1.807) is 12.3 Å². The van der Waals surface area contributed by atoms with Crippen LogP contribution in [0.3, 0.4) is 0 Å². The van der Waals surface area contributed by atoms with Gasteiger partial charge in [0.25, 0.3) is 5.69 Å². The average molecular weight is 596 g/mol. The molecule has 4 aromatic rings. The highest BCUT2D eigenvalue weighted by atomic mass is 79.9. The summed E-state index contributed by atoms with van der Waals surface area (Å²) in [6.07, 6.45) is 3.77. The number of likely N-dealkylation sites (N-methyl/N-ethyl adjacent to an activating group) is 2. The van der Waals surface area contributed by atoms with Crippen molar-refractivity contribution < 1.29 is 14.4 Å². The van der Waals surface area contributed by atoms with Crippen molar-refractivity contribution in [3.05, 3.63) is 63.4 Å². The zero-order valence-corrected chi connectivity index (χ0v) is 23.8. The van der Waals surface area contributed by atoms with E-state index in [9.17, 15) is 10.1 Å². The van der Waals surface area contributed by atoms with Crippen LogP contribution < -0.4 is 15.0 Å². The molecule has 1 aliphatic heterocycles. The number of benzene rings is 2. The molecule has 0 bridgehead atoms. The SMILES string of the molecule is COc1cc(N(C)CCN(C)C)c([N+](=O)[O-])cc1Nc1ncc(Br)c(-c2cn(C3COC3)c3ccccc23)n1. The fraction of sp³-hybridized carbons (Fsp3) is 0.333. The molecular formula is C27H30BrN7O4. The summed E-state index contributed by atoms with van der Waals surface area (Å²) < 4.78 is 14.0. The number of hydrogen-bond donors (Lipinski definition) is 1. The van der Waals surface area contributed by atoms with Crippen LogP contribution in [0.25, 0.3) is 22.2 Å². The van der Waals surface area contributed by atoms with Gasteiger partial charge in [0.05, 0.1) is 47.1 Å². The molecule has 1 aliphatic rings. The molecule has 0 saturated carbocycles. The first kappa shape index (κ1) is 26.9. The Kier molecular flexibility index (Phi) is 7.69. The lowest BCUT2D eigenvalue weighted by atomic mass is 10.1. The van der Waals surface area contributed by atoms with Crippen molar-refractivity contribution in [1.82, 2.24) is 19.4 Å². The molecule has 3 heterocycles. The van der Waals surface area contributed by atoms with E-state index in [4.69, 9.17) is 14.5 Å². The lowest BCUT2D eigenvalue weighted by Crippen LogP contribution is -2.29. The van der Waals surface area contributed by atoms with Gasteiger partial charge >= 0.3 is 0 Å². The smallest absolute Gasteiger partial charge is 0.294 e. The lowest BCUT2D eigenvalue weighted by Gasteiger charge is -2.28. The number of anilines is 3. The normalized spacial score (nSPS) is 13.5. The second kappa shape index (κ2) is 11.2. The van der Waals surface area contributed by atoms with Crippen LogP contribution in [0, 0.1) is 10.1 Å². The first-order chi connectivity index (χ1) is 18.8. The monoisotopic (exact) mass is 595 g/mol. The van der Waals surface area contributed by atoms with Crippen molar-refractivity contribution in [2.45, 2.75) is 6.04 Å². The number of nitro groups is 1. The average Bonchev–Trinajstić information content (AvgIpc) is 3.26. The number of para-hydroxylation sites is 1.